The zero-order valence-electron chi connectivity index (χ0n) is 19.5. The number of methoxy groups -OCH3 is 1. The van der Waals surface area contributed by atoms with Crippen LogP contribution in [0.5, 0.6) is 5.75 Å². The number of hydrogen-bond donors (Lipinski definition) is 1. The molecule has 1 fully saturated rings. The fraction of sp³-hybridized carbons (Fsp3) is 0.231. The summed E-state index contributed by atoms with van der Waals surface area (Å²) in [4.78, 5) is 44.5. The van der Waals surface area contributed by atoms with Crippen LogP contribution in [0, 0.1) is 6.92 Å². The van der Waals surface area contributed by atoms with E-state index in [4.69, 9.17) is 9.47 Å². The largest absolute Gasteiger partial charge is 0.507 e. The fourth-order valence-corrected chi connectivity index (χ4v) is 4.84. The van der Waals surface area contributed by atoms with E-state index in [2.05, 4.69) is 4.98 Å². The van der Waals surface area contributed by atoms with Gasteiger partial charge in [-0.3, -0.25) is 14.5 Å². The molecule has 3 aromatic rings. The molecular formula is C26H24N2O6S. The van der Waals surface area contributed by atoms with E-state index >= 15 is 0 Å². The van der Waals surface area contributed by atoms with Gasteiger partial charge in [-0.15, -0.1) is 0 Å². The topological polar surface area (TPSA) is 106 Å². The summed E-state index contributed by atoms with van der Waals surface area (Å²) in [6, 6.07) is 14.6. The highest BCUT2D eigenvalue weighted by Crippen LogP contribution is 2.44. The fourth-order valence-electron chi connectivity index (χ4n) is 3.83. The van der Waals surface area contributed by atoms with Gasteiger partial charge in [0.1, 0.15) is 16.4 Å². The van der Waals surface area contributed by atoms with E-state index in [9.17, 15) is 19.5 Å². The first-order valence-corrected chi connectivity index (χ1v) is 11.8. The lowest BCUT2D eigenvalue weighted by molar-refractivity contribution is -0.132. The highest BCUT2D eigenvalue weighted by Gasteiger charge is 2.48. The zero-order chi connectivity index (χ0) is 25.1. The van der Waals surface area contributed by atoms with Crippen molar-refractivity contribution in [2.24, 2.45) is 0 Å². The number of hydrogen-bond acceptors (Lipinski definition) is 8. The SMILES string of the molecule is CCCOc1ccc([C@H]2C(=C(O)c3ccccc3)C(=O)C(=O)N2c2nc(C)c(C(=O)OC)s2)cc1. The molecule has 1 amide bonds. The summed E-state index contributed by atoms with van der Waals surface area (Å²) in [7, 11) is 1.26. The van der Waals surface area contributed by atoms with Crippen LogP contribution in [-0.2, 0) is 14.3 Å². The molecule has 1 aromatic heterocycles. The molecule has 180 valence electrons. The molecule has 35 heavy (non-hydrogen) atoms. The number of ketones is 1. The van der Waals surface area contributed by atoms with Crippen molar-refractivity contribution in [2.75, 3.05) is 18.6 Å². The molecule has 0 radical (unpaired) electrons. The molecule has 8 nitrogen and oxygen atoms in total. The van der Waals surface area contributed by atoms with Crippen LogP contribution in [-0.4, -0.2) is 41.5 Å². The Morgan fingerprint density at radius 1 is 1.11 bits per heavy atom. The quantitative estimate of drug-likeness (QED) is 0.221. The van der Waals surface area contributed by atoms with Gasteiger partial charge in [-0.2, -0.15) is 0 Å². The molecule has 1 N–H and O–H groups in total. The number of benzene rings is 2. The van der Waals surface area contributed by atoms with Gasteiger partial charge in [0.15, 0.2) is 5.13 Å². The Labute approximate surface area is 206 Å². The maximum atomic E-state index is 13.3. The van der Waals surface area contributed by atoms with Crippen LogP contribution in [0.1, 0.15) is 45.9 Å². The highest BCUT2D eigenvalue weighted by atomic mass is 32.1. The molecular weight excluding hydrogens is 468 g/mol. The van der Waals surface area contributed by atoms with E-state index in [1.54, 1.807) is 61.5 Å². The minimum absolute atomic E-state index is 0.0594. The number of aryl methyl sites for hydroxylation is 1. The van der Waals surface area contributed by atoms with Crippen molar-refractivity contribution in [1.29, 1.82) is 0 Å². The lowest BCUT2D eigenvalue weighted by Gasteiger charge is -2.23. The van der Waals surface area contributed by atoms with Crippen LogP contribution in [0.25, 0.3) is 5.76 Å². The molecule has 0 saturated carbocycles. The average Bonchev–Trinajstić information content (AvgIpc) is 3.39. The number of esters is 1. The second kappa shape index (κ2) is 10.1. The number of carbonyl (C=O) groups excluding carboxylic acids is 3. The van der Waals surface area contributed by atoms with Crippen molar-refractivity contribution in [2.45, 2.75) is 26.3 Å². The van der Waals surface area contributed by atoms with Crippen molar-refractivity contribution in [3.05, 3.63) is 81.9 Å². The average molecular weight is 493 g/mol. The summed E-state index contributed by atoms with van der Waals surface area (Å²) in [5, 5.41) is 11.3. The molecule has 1 aliphatic rings. The Morgan fingerprint density at radius 3 is 2.43 bits per heavy atom. The van der Waals surface area contributed by atoms with Crippen LogP contribution in [0.15, 0.2) is 60.2 Å². The first kappa shape index (κ1) is 24.2. The minimum Gasteiger partial charge on any atom is -0.507 e. The number of rotatable bonds is 7. The lowest BCUT2D eigenvalue weighted by atomic mass is 9.95. The van der Waals surface area contributed by atoms with Gasteiger partial charge in [0.25, 0.3) is 5.78 Å². The molecule has 1 saturated heterocycles. The molecule has 2 aromatic carbocycles. The van der Waals surface area contributed by atoms with Crippen LogP contribution in [0.4, 0.5) is 5.13 Å². The van der Waals surface area contributed by atoms with Crippen LogP contribution < -0.4 is 9.64 Å². The summed E-state index contributed by atoms with van der Waals surface area (Å²) >= 11 is 0.956. The molecule has 0 spiro atoms. The molecule has 9 heteroatoms. The number of amides is 1. The number of aromatic nitrogens is 1. The molecule has 0 aliphatic carbocycles. The van der Waals surface area contributed by atoms with Gasteiger partial charge in [-0.1, -0.05) is 60.7 Å². The minimum atomic E-state index is -0.952. The summed E-state index contributed by atoms with van der Waals surface area (Å²) in [6.07, 6.45) is 0.852. The monoisotopic (exact) mass is 492 g/mol. The van der Waals surface area contributed by atoms with Crippen molar-refractivity contribution in [1.82, 2.24) is 4.98 Å². The number of anilines is 1. The standard InChI is InChI=1S/C26H24N2O6S/c1-4-14-34-18-12-10-16(11-13-18)20-19(21(29)17-8-6-5-7-9-17)22(30)24(31)28(20)26-27-15(2)23(35-26)25(32)33-3/h5-13,20,29H,4,14H2,1-3H3/t20-/m0/s1. The van der Waals surface area contributed by atoms with Crippen LogP contribution in [0.2, 0.25) is 0 Å². The van der Waals surface area contributed by atoms with E-state index in [-0.39, 0.29) is 21.3 Å². The van der Waals surface area contributed by atoms with Crippen LogP contribution >= 0.6 is 11.3 Å². The van der Waals surface area contributed by atoms with Gasteiger partial charge < -0.3 is 14.6 Å². The maximum Gasteiger partial charge on any atom is 0.350 e. The molecule has 0 unspecified atom stereocenters. The Hall–Kier alpha value is -3.98. The van der Waals surface area contributed by atoms with Crippen molar-refractivity contribution in [3.8, 4) is 5.75 Å². The lowest BCUT2D eigenvalue weighted by Crippen LogP contribution is -2.29. The number of aliphatic hydroxyl groups excluding tert-OH is 1. The van der Waals surface area contributed by atoms with Gasteiger partial charge in [-0.05, 0) is 31.0 Å². The summed E-state index contributed by atoms with van der Waals surface area (Å²) in [5.74, 6) is -1.90. The van der Waals surface area contributed by atoms with Gasteiger partial charge in [0.2, 0.25) is 0 Å². The summed E-state index contributed by atoms with van der Waals surface area (Å²) in [5.41, 5.74) is 1.31. The normalized spacial score (nSPS) is 17.0. The Kier molecular flexibility index (Phi) is 6.97. The Balaban J connectivity index is 1.87. The zero-order valence-corrected chi connectivity index (χ0v) is 20.3. The first-order valence-electron chi connectivity index (χ1n) is 11.0. The summed E-state index contributed by atoms with van der Waals surface area (Å²) < 4.78 is 10.5. The number of carbonyl (C=O) groups is 3. The van der Waals surface area contributed by atoms with Crippen molar-refractivity contribution < 1.29 is 29.0 Å². The molecule has 2 heterocycles. The molecule has 1 aliphatic heterocycles. The van der Waals surface area contributed by atoms with Crippen molar-refractivity contribution >= 4 is 39.9 Å². The van der Waals surface area contributed by atoms with Gasteiger partial charge in [0, 0.05) is 5.56 Å². The third-order valence-electron chi connectivity index (χ3n) is 5.52. The number of aliphatic hydroxyl groups is 1. The van der Waals surface area contributed by atoms with Crippen LogP contribution in [0.3, 0.4) is 0 Å². The van der Waals surface area contributed by atoms with Crippen molar-refractivity contribution in [3.63, 3.8) is 0 Å². The van der Waals surface area contributed by atoms with Gasteiger partial charge in [-0.25, -0.2) is 9.78 Å². The molecule has 0 bridgehead atoms. The van der Waals surface area contributed by atoms with E-state index in [0.29, 0.717) is 29.2 Å². The van der Waals surface area contributed by atoms with Gasteiger partial charge >= 0.3 is 11.9 Å². The molecule has 1 atom stereocenters. The Morgan fingerprint density at radius 2 is 1.80 bits per heavy atom. The summed E-state index contributed by atoms with van der Waals surface area (Å²) in [6.45, 7) is 4.19. The second-order valence-corrected chi connectivity index (χ2v) is 8.83. The number of ether oxygens (including phenoxy) is 2. The van der Waals surface area contributed by atoms with E-state index in [1.807, 2.05) is 6.92 Å². The molecule has 4 rings (SSSR count). The number of nitrogens with zero attached hydrogens (tertiary/aromatic N) is 2. The smallest absolute Gasteiger partial charge is 0.350 e. The first-order chi connectivity index (χ1) is 16.9. The third kappa shape index (κ3) is 4.54. The highest BCUT2D eigenvalue weighted by molar-refractivity contribution is 7.17. The predicted octanol–water partition coefficient (Wildman–Crippen LogP) is 4.65. The van der Waals surface area contributed by atoms with Gasteiger partial charge in [0.05, 0.1) is 31.0 Å². The maximum absolute atomic E-state index is 13.3. The Bertz CT molecular complexity index is 1300. The third-order valence-corrected chi connectivity index (χ3v) is 6.66. The van der Waals surface area contributed by atoms with E-state index < -0.39 is 23.7 Å². The predicted molar refractivity (Wildman–Crippen MR) is 132 cm³/mol. The van der Waals surface area contributed by atoms with E-state index in [1.165, 1.54) is 12.0 Å². The number of thiazole rings is 1. The second-order valence-electron chi connectivity index (χ2n) is 7.86. The van der Waals surface area contributed by atoms with E-state index in [0.717, 1.165) is 17.8 Å². The number of Topliss-reactive ketones (excluding diaryl/α,β-unsaturated/α-hetero) is 1.